The molecule has 1 aliphatic heterocycles. The molecule has 3 aromatic rings. The van der Waals surface area contributed by atoms with Crippen LogP contribution in [-0.2, 0) is 0 Å². The van der Waals surface area contributed by atoms with Gasteiger partial charge in [0, 0.05) is 22.8 Å². The molecule has 7 heteroatoms. The summed E-state index contributed by atoms with van der Waals surface area (Å²) in [6, 6.07) is 7.78. The van der Waals surface area contributed by atoms with Crippen molar-refractivity contribution in [1.82, 2.24) is 19.9 Å². The number of para-hydroxylation sites is 1. The highest BCUT2D eigenvalue weighted by Crippen LogP contribution is 2.40. The number of hydrogen-bond donors (Lipinski definition) is 3. The Morgan fingerprint density at radius 2 is 2.00 bits per heavy atom. The Morgan fingerprint density at radius 3 is 2.67 bits per heavy atom. The van der Waals surface area contributed by atoms with Crippen LogP contribution in [0.1, 0.15) is 74.1 Å². The molecule has 2 aromatic heterocycles. The van der Waals surface area contributed by atoms with Gasteiger partial charge in [-0.3, -0.25) is 14.2 Å². The minimum absolute atomic E-state index is 0.000172. The summed E-state index contributed by atoms with van der Waals surface area (Å²) in [5, 5.41) is 7.12. The standard InChI is InChI=1S/C23H25N5O2/c1-12-18-16(20(29)24-12)11-17(25-18)14-5-3-6-15-19(14)26-22(27-23(2)9-4-10-23)28(21(15)30)13-7-8-13/h3,5-6,11-13,25H,4,7-10H2,1-2H3,(H,24,29)(H,26,27). The smallest absolute Gasteiger partial charge is 0.263 e. The second-order valence-electron chi connectivity index (χ2n) is 9.29. The van der Waals surface area contributed by atoms with Crippen molar-refractivity contribution in [2.24, 2.45) is 0 Å². The highest BCUT2D eigenvalue weighted by Gasteiger charge is 2.36. The van der Waals surface area contributed by atoms with Crippen LogP contribution in [0.5, 0.6) is 0 Å². The van der Waals surface area contributed by atoms with Crippen LogP contribution in [0.15, 0.2) is 29.1 Å². The molecular formula is C23H25N5O2. The SMILES string of the molecule is CC1NC(=O)c2cc(-c3cccc4c(=O)n(C5CC5)c(NC5(C)CCC5)nc34)[nH]c21. The first-order valence-electron chi connectivity index (χ1n) is 10.8. The number of fused-ring (bicyclic) bond motifs is 2. The fourth-order valence-corrected chi connectivity index (χ4v) is 4.79. The molecule has 0 spiro atoms. The predicted octanol–water partition coefficient (Wildman–Crippen LogP) is 3.89. The second kappa shape index (κ2) is 5.97. The summed E-state index contributed by atoms with van der Waals surface area (Å²) in [6.45, 7) is 4.16. The highest BCUT2D eigenvalue weighted by atomic mass is 16.2. The van der Waals surface area contributed by atoms with E-state index in [0.717, 1.165) is 42.6 Å². The summed E-state index contributed by atoms with van der Waals surface area (Å²) in [5.41, 5.74) is 3.92. The van der Waals surface area contributed by atoms with Crippen LogP contribution >= 0.6 is 0 Å². The van der Waals surface area contributed by atoms with Crippen molar-refractivity contribution in [1.29, 1.82) is 0 Å². The van der Waals surface area contributed by atoms with E-state index in [2.05, 4.69) is 22.5 Å². The maximum Gasteiger partial charge on any atom is 0.263 e. The summed E-state index contributed by atoms with van der Waals surface area (Å²) >= 11 is 0. The van der Waals surface area contributed by atoms with Crippen molar-refractivity contribution in [2.45, 2.75) is 63.6 Å². The zero-order valence-electron chi connectivity index (χ0n) is 17.2. The van der Waals surface area contributed by atoms with Gasteiger partial charge in [-0.05, 0) is 58.1 Å². The molecule has 2 saturated carbocycles. The Kier molecular flexibility index (Phi) is 3.53. The molecule has 2 aliphatic carbocycles. The minimum Gasteiger partial charge on any atom is -0.356 e. The summed E-state index contributed by atoms with van der Waals surface area (Å²) in [7, 11) is 0. The van der Waals surface area contributed by atoms with E-state index >= 15 is 0 Å². The summed E-state index contributed by atoms with van der Waals surface area (Å²) in [6.07, 6.45) is 5.42. The molecule has 154 valence electrons. The molecule has 30 heavy (non-hydrogen) atoms. The summed E-state index contributed by atoms with van der Waals surface area (Å²) < 4.78 is 1.86. The Morgan fingerprint density at radius 1 is 1.20 bits per heavy atom. The Hall–Kier alpha value is -3.09. The molecule has 1 aromatic carbocycles. The van der Waals surface area contributed by atoms with Crippen LogP contribution in [0.25, 0.3) is 22.2 Å². The van der Waals surface area contributed by atoms with Crippen molar-refractivity contribution in [3.63, 3.8) is 0 Å². The highest BCUT2D eigenvalue weighted by molar-refractivity contribution is 6.01. The number of H-pyrrole nitrogens is 1. The fourth-order valence-electron chi connectivity index (χ4n) is 4.79. The number of amides is 1. The largest absolute Gasteiger partial charge is 0.356 e. The Labute approximate surface area is 173 Å². The van der Waals surface area contributed by atoms with Crippen LogP contribution in [0.3, 0.4) is 0 Å². The number of carbonyl (C=O) groups is 1. The van der Waals surface area contributed by atoms with Crippen molar-refractivity contribution >= 4 is 22.8 Å². The number of anilines is 1. The lowest BCUT2D eigenvalue weighted by molar-refractivity contribution is 0.0958. The van der Waals surface area contributed by atoms with Gasteiger partial charge < -0.3 is 15.6 Å². The molecule has 1 amide bonds. The van der Waals surface area contributed by atoms with Crippen molar-refractivity contribution < 1.29 is 4.79 Å². The molecule has 7 nitrogen and oxygen atoms in total. The first kappa shape index (κ1) is 17.7. The van der Waals surface area contributed by atoms with E-state index in [1.165, 1.54) is 6.42 Å². The van der Waals surface area contributed by atoms with Gasteiger partial charge in [-0.1, -0.05) is 12.1 Å². The molecule has 1 atom stereocenters. The van der Waals surface area contributed by atoms with E-state index in [1.807, 2.05) is 35.8 Å². The molecule has 3 aliphatic rings. The van der Waals surface area contributed by atoms with Crippen LogP contribution in [0, 0.1) is 0 Å². The number of hydrogen-bond acceptors (Lipinski definition) is 4. The third-order valence-electron chi connectivity index (χ3n) is 6.88. The third-order valence-corrected chi connectivity index (χ3v) is 6.88. The number of nitrogens with one attached hydrogen (secondary N) is 3. The molecule has 2 fully saturated rings. The van der Waals surface area contributed by atoms with Gasteiger partial charge in [0.25, 0.3) is 11.5 Å². The van der Waals surface area contributed by atoms with Crippen LogP contribution < -0.4 is 16.2 Å². The molecule has 6 rings (SSSR count). The van der Waals surface area contributed by atoms with Crippen LogP contribution in [0.2, 0.25) is 0 Å². The van der Waals surface area contributed by atoms with Gasteiger partial charge in [-0.15, -0.1) is 0 Å². The zero-order chi connectivity index (χ0) is 20.6. The molecule has 0 saturated heterocycles. The summed E-state index contributed by atoms with van der Waals surface area (Å²) in [4.78, 5) is 34.0. The lowest BCUT2D eigenvalue weighted by Gasteiger charge is -2.40. The molecular weight excluding hydrogens is 378 g/mol. The van der Waals surface area contributed by atoms with Gasteiger partial charge >= 0.3 is 0 Å². The molecule has 3 heterocycles. The van der Waals surface area contributed by atoms with Gasteiger partial charge in [0.2, 0.25) is 5.95 Å². The number of aromatic nitrogens is 3. The number of aromatic amines is 1. The van der Waals surface area contributed by atoms with E-state index < -0.39 is 0 Å². The number of carbonyl (C=O) groups excluding carboxylic acids is 1. The quantitative estimate of drug-likeness (QED) is 0.616. The van der Waals surface area contributed by atoms with Gasteiger partial charge in [0.1, 0.15) is 0 Å². The van der Waals surface area contributed by atoms with E-state index in [0.29, 0.717) is 22.4 Å². The maximum atomic E-state index is 13.5. The predicted molar refractivity (Wildman–Crippen MR) is 116 cm³/mol. The van der Waals surface area contributed by atoms with Gasteiger partial charge in [0.05, 0.1) is 28.2 Å². The first-order chi connectivity index (χ1) is 14.4. The normalized spacial score (nSPS) is 21.9. The zero-order valence-corrected chi connectivity index (χ0v) is 17.2. The number of benzene rings is 1. The monoisotopic (exact) mass is 403 g/mol. The number of nitrogens with zero attached hydrogens (tertiary/aromatic N) is 2. The van der Waals surface area contributed by atoms with E-state index in [4.69, 9.17) is 4.98 Å². The van der Waals surface area contributed by atoms with Gasteiger partial charge in [0.15, 0.2) is 0 Å². The van der Waals surface area contributed by atoms with E-state index in [-0.39, 0.29) is 29.1 Å². The molecule has 3 N–H and O–H groups in total. The fraction of sp³-hybridized carbons (Fsp3) is 0.435. The Balaban J connectivity index is 1.55. The van der Waals surface area contributed by atoms with Crippen molar-refractivity contribution in [3.05, 3.63) is 45.9 Å². The van der Waals surface area contributed by atoms with E-state index in [1.54, 1.807) is 0 Å². The van der Waals surface area contributed by atoms with Crippen LogP contribution in [-0.4, -0.2) is 26.0 Å². The van der Waals surface area contributed by atoms with Gasteiger partial charge in [-0.2, -0.15) is 0 Å². The molecule has 0 radical (unpaired) electrons. The maximum absolute atomic E-state index is 13.5. The summed E-state index contributed by atoms with van der Waals surface area (Å²) in [5.74, 6) is 0.611. The van der Waals surface area contributed by atoms with E-state index in [9.17, 15) is 9.59 Å². The van der Waals surface area contributed by atoms with Crippen molar-refractivity contribution in [2.75, 3.05) is 5.32 Å². The Bertz CT molecular complexity index is 1260. The molecule has 1 unspecified atom stereocenters. The lowest BCUT2D eigenvalue weighted by Crippen LogP contribution is -2.43. The van der Waals surface area contributed by atoms with Gasteiger partial charge in [-0.25, -0.2) is 4.98 Å². The second-order valence-corrected chi connectivity index (χ2v) is 9.29. The first-order valence-corrected chi connectivity index (χ1v) is 10.8. The van der Waals surface area contributed by atoms with Crippen molar-refractivity contribution in [3.8, 4) is 11.3 Å². The number of rotatable bonds is 4. The lowest BCUT2D eigenvalue weighted by atomic mass is 9.79. The van der Waals surface area contributed by atoms with Crippen LogP contribution in [0.4, 0.5) is 5.95 Å². The minimum atomic E-state index is -0.0652. The third kappa shape index (κ3) is 2.54. The topological polar surface area (TPSA) is 91.8 Å². The average molecular weight is 403 g/mol. The molecule has 0 bridgehead atoms. The average Bonchev–Trinajstić information content (AvgIpc) is 3.36.